The number of carbonyl (C=O) groups excluding carboxylic acids is 1. The molecule has 1 aromatic heterocycles. The fourth-order valence-electron chi connectivity index (χ4n) is 5.83. The first-order valence-electron chi connectivity index (χ1n) is 16.6. The summed E-state index contributed by atoms with van der Waals surface area (Å²) < 4.78 is 61.5. The monoisotopic (exact) mass is 708 g/mol. The molecule has 11 nitrogen and oxygen atoms in total. The molecule has 0 bridgehead atoms. The lowest BCUT2D eigenvalue weighted by Crippen LogP contribution is -2.44. The van der Waals surface area contributed by atoms with Crippen LogP contribution in [0.25, 0.3) is 0 Å². The van der Waals surface area contributed by atoms with Crippen LogP contribution in [0.4, 0.5) is 35.4 Å². The zero-order valence-electron chi connectivity index (χ0n) is 29.4. The number of benzene rings is 3. The van der Waals surface area contributed by atoms with E-state index in [-0.39, 0.29) is 23.9 Å². The van der Waals surface area contributed by atoms with E-state index < -0.39 is 18.2 Å². The number of alkyl halides is 3. The van der Waals surface area contributed by atoms with Crippen molar-refractivity contribution in [2.45, 2.75) is 40.1 Å². The van der Waals surface area contributed by atoms with E-state index in [0.29, 0.717) is 29.5 Å². The van der Waals surface area contributed by atoms with Crippen molar-refractivity contribution >= 4 is 23.5 Å². The van der Waals surface area contributed by atoms with Gasteiger partial charge >= 0.3 is 12.5 Å². The molecule has 1 saturated heterocycles. The highest BCUT2D eigenvalue weighted by Crippen LogP contribution is 2.33. The second-order valence-corrected chi connectivity index (χ2v) is 12.4. The van der Waals surface area contributed by atoms with E-state index in [0.717, 1.165) is 60.7 Å². The summed E-state index contributed by atoms with van der Waals surface area (Å²) in [4.78, 5) is 28.6. The summed E-state index contributed by atoms with van der Waals surface area (Å²) in [6, 6.07) is 16.1. The number of rotatable bonds is 13. The highest BCUT2D eigenvalue weighted by atomic mass is 19.4. The first-order chi connectivity index (χ1) is 24.4. The summed E-state index contributed by atoms with van der Waals surface area (Å²) in [5.74, 6) is 1.19. The third kappa shape index (κ3) is 10.5. The predicted octanol–water partition coefficient (Wildman–Crippen LogP) is 7.27. The van der Waals surface area contributed by atoms with E-state index in [1.807, 2.05) is 32.9 Å². The maximum Gasteiger partial charge on any atom is 0.573 e. The first kappa shape index (κ1) is 37.2. The number of nitrogens with one attached hydrogen (secondary N) is 1. The van der Waals surface area contributed by atoms with E-state index in [4.69, 9.17) is 14.2 Å². The van der Waals surface area contributed by atoms with Crippen LogP contribution in [0, 0.1) is 20.8 Å². The maximum absolute atomic E-state index is 13.8. The number of piperazine rings is 1. The van der Waals surface area contributed by atoms with Crippen LogP contribution in [0.15, 0.2) is 66.9 Å². The van der Waals surface area contributed by atoms with Gasteiger partial charge in [0.1, 0.15) is 17.3 Å². The van der Waals surface area contributed by atoms with Crippen molar-refractivity contribution in [3.05, 3.63) is 89.1 Å². The fraction of sp³-hybridized carbons (Fsp3) is 0.378. The van der Waals surface area contributed by atoms with Gasteiger partial charge in [-0.05, 0) is 69.6 Å². The van der Waals surface area contributed by atoms with Crippen LogP contribution in [0.3, 0.4) is 0 Å². The quantitative estimate of drug-likeness (QED) is 0.143. The second kappa shape index (κ2) is 16.8. The number of ether oxygens (including phenoxy) is 4. The Morgan fingerprint density at radius 3 is 2.37 bits per heavy atom. The molecule has 1 amide bonds. The molecule has 1 aliphatic rings. The smallest absolute Gasteiger partial charge is 0.493 e. The number of likely N-dealkylation sites (N-methyl/N-ethyl adjacent to an activating group) is 1. The van der Waals surface area contributed by atoms with Crippen LogP contribution in [0.1, 0.15) is 28.7 Å². The van der Waals surface area contributed by atoms with Gasteiger partial charge < -0.3 is 34.1 Å². The van der Waals surface area contributed by atoms with Crippen molar-refractivity contribution in [2.75, 3.05) is 63.7 Å². The number of aromatic nitrogens is 2. The molecule has 0 saturated carbocycles. The van der Waals surface area contributed by atoms with Gasteiger partial charge in [-0.1, -0.05) is 35.9 Å². The minimum atomic E-state index is -4.93. The van der Waals surface area contributed by atoms with Crippen molar-refractivity contribution in [3.8, 4) is 23.0 Å². The number of nitrogens with zero attached hydrogens (tertiary/aromatic N) is 5. The molecular weight excluding hydrogens is 665 g/mol. The first-order valence-corrected chi connectivity index (χ1v) is 16.6. The Morgan fingerprint density at radius 2 is 1.67 bits per heavy atom. The van der Waals surface area contributed by atoms with Crippen LogP contribution in [0.5, 0.6) is 23.0 Å². The van der Waals surface area contributed by atoms with Crippen LogP contribution in [-0.4, -0.2) is 85.7 Å². The molecule has 272 valence electrons. The Labute approximate surface area is 295 Å². The van der Waals surface area contributed by atoms with Crippen molar-refractivity contribution in [2.24, 2.45) is 0 Å². The van der Waals surface area contributed by atoms with Crippen molar-refractivity contribution in [3.63, 3.8) is 0 Å². The molecule has 5 rings (SSSR count). The summed E-state index contributed by atoms with van der Waals surface area (Å²) >= 11 is 0. The number of para-hydroxylation sites is 1. The van der Waals surface area contributed by atoms with Gasteiger partial charge in [0.05, 0.1) is 20.3 Å². The highest BCUT2D eigenvalue weighted by molar-refractivity contribution is 5.88. The van der Waals surface area contributed by atoms with Gasteiger partial charge in [-0.3, -0.25) is 4.90 Å². The molecule has 0 aliphatic carbocycles. The van der Waals surface area contributed by atoms with Gasteiger partial charge in [0.2, 0.25) is 5.95 Å². The second-order valence-electron chi connectivity index (χ2n) is 12.4. The lowest BCUT2D eigenvalue weighted by atomic mass is 10.1. The Bertz CT molecular complexity index is 1780. The Balaban J connectivity index is 1.34. The van der Waals surface area contributed by atoms with E-state index in [1.165, 1.54) is 30.5 Å². The lowest BCUT2D eigenvalue weighted by molar-refractivity contribution is -0.274. The largest absolute Gasteiger partial charge is 0.573 e. The molecule has 2 heterocycles. The zero-order valence-corrected chi connectivity index (χ0v) is 29.4. The summed E-state index contributed by atoms with van der Waals surface area (Å²) in [7, 11) is 3.68. The molecule has 1 N–H and O–H groups in total. The van der Waals surface area contributed by atoms with E-state index >= 15 is 0 Å². The minimum absolute atomic E-state index is 0.0778. The topological polar surface area (TPSA) is 102 Å². The summed E-state index contributed by atoms with van der Waals surface area (Å²) in [5.41, 5.74) is 3.11. The molecule has 3 aromatic carbocycles. The molecule has 0 unspecified atom stereocenters. The molecule has 1 aliphatic heterocycles. The standard InChI is InChI=1S/C37H43F3N6O5/c1-25-21-26(2)34(27(3)22-25)50-36(47)46(24-28-9-6-7-10-30(28)51-37(38,39)40)33-13-14-41-35(43-33)42-29-11-12-31(32(23-29)48-5)49-20-8-15-45-18-16-44(4)17-19-45/h6-7,9-14,21-23H,8,15-20,24H2,1-5H3,(H,41,42,43). The minimum Gasteiger partial charge on any atom is -0.493 e. The average molecular weight is 709 g/mol. The van der Waals surface area contributed by atoms with Crippen LogP contribution in [0.2, 0.25) is 0 Å². The van der Waals surface area contributed by atoms with Gasteiger partial charge in [-0.2, -0.15) is 4.98 Å². The van der Waals surface area contributed by atoms with Crippen molar-refractivity contribution in [1.29, 1.82) is 0 Å². The van der Waals surface area contributed by atoms with Gasteiger partial charge in [-0.15, -0.1) is 13.2 Å². The maximum atomic E-state index is 13.8. The zero-order chi connectivity index (χ0) is 36.5. The number of halogens is 3. The molecule has 0 atom stereocenters. The van der Waals surface area contributed by atoms with Crippen LogP contribution in [-0.2, 0) is 6.54 Å². The number of hydrogen-bond acceptors (Lipinski definition) is 10. The molecule has 51 heavy (non-hydrogen) atoms. The highest BCUT2D eigenvalue weighted by Gasteiger charge is 2.33. The number of amides is 1. The SMILES string of the molecule is COc1cc(Nc2nccc(N(Cc3ccccc3OC(F)(F)F)C(=O)Oc3c(C)cc(C)cc3C)n2)ccc1OCCCN1CCN(C)CC1. The summed E-state index contributed by atoms with van der Waals surface area (Å²) in [6.45, 7) is 10.9. The number of carbonyl (C=O) groups is 1. The predicted molar refractivity (Wildman–Crippen MR) is 188 cm³/mol. The number of hydrogen-bond donors (Lipinski definition) is 1. The van der Waals surface area contributed by atoms with Gasteiger partial charge in [-0.25, -0.2) is 9.78 Å². The van der Waals surface area contributed by atoms with Crippen LogP contribution < -0.4 is 29.2 Å². The van der Waals surface area contributed by atoms with Crippen LogP contribution >= 0.6 is 0 Å². The molecule has 0 radical (unpaired) electrons. The van der Waals surface area contributed by atoms with Gasteiger partial charge in [0.15, 0.2) is 11.5 Å². The number of aryl methyl sites for hydroxylation is 3. The summed E-state index contributed by atoms with van der Waals surface area (Å²) in [5, 5.41) is 3.11. The third-order valence-electron chi connectivity index (χ3n) is 8.35. The molecule has 14 heteroatoms. The molecular formula is C37H43F3N6O5. The van der Waals surface area contributed by atoms with E-state index in [9.17, 15) is 18.0 Å². The van der Waals surface area contributed by atoms with E-state index in [2.05, 4.69) is 36.9 Å². The van der Waals surface area contributed by atoms with Gasteiger partial charge in [0.25, 0.3) is 0 Å². The molecule has 4 aromatic rings. The van der Waals surface area contributed by atoms with Crippen molar-refractivity contribution in [1.82, 2.24) is 19.8 Å². The Hall–Kier alpha value is -5.08. The lowest BCUT2D eigenvalue weighted by Gasteiger charge is -2.32. The summed E-state index contributed by atoms with van der Waals surface area (Å²) in [6.07, 6.45) is -3.48. The van der Waals surface area contributed by atoms with Gasteiger partial charge in [0, 0.05) is 56.2 Å². The fourth-order valence-corrected chi connectivity index (χ4v) is 5.83. The van der Waals surface area contributed by atoms with E-state index in [1.54, 1.807) is 31.4 Å². The molecule has 0 spiro atoms. The normalized spacial score (nSPS) is 13.8. The number of methoxy groups -OCH3 is 1. The Kier molecular flexibility index (Phi) is 12.2. The third-order valence-corrected chi connectivity index (χ3v) is 8.35. The average Bonchev–Trinajstić information content (AvgIpc) is 3.08. The van der Waals surface area contributed by atoms with Crippen molar-refractivity contribution < 1.29 is 36.9 Å². The number of anilines is 3. The Morgan fingerprint density at radius 1 is 0.941 bits per heavy atom. The molecule has 1 fully saturated rings.